The van der Waals surface area contributed by atoms with E-state index in [-0.39, 0.29) is 12.1 Å². The summed E-state index contributed by atoms with van der Waals surface area (Å²) in [6.07, 6.45) is 0.764. The quantitative estimate of drug-likeness (QED) is 0.764. The van der Waals surface area contributed by atoms with Gasteiger partial charge in [0, 0.05) is 22.7 Å². The van der Waals surface area contributed by atoms with Gasteiger partial charge in [-0.3, -0.25) is 4.79 Å². The molecule has 1 N–H and O–H groups in total. The minimum atomic E-state index is -3.21. The molecule has 0 aliphatic carbocycles. The fourth-order valence-electron chi connectivity index (χ4n) is 2.13. The Morgan fingerprint density at radius 2 is 1.91 bits per heavy atom. The number of benzene rings is 2. The Morgan fingerprint density at radius 3 is 2.48 bits per heavy atom. The average Bonchev–Trinajstić information content (AvgIpc) is 2.53. The molecule has 23 heavy (non-hydrogen) atoms. The van der Waals surface area contributed by atoms with Gasteiger partial charge in [-0.2, -0.15) is 8.78 Å². The molecule has 0 fully saturated rings. The number of allylic oxidation sites excluding steroid dienone is 1. The highest BCUT2D eigenvalue weighted by Crippen LogP contribution is 2.34. The highest BCUT2D eigenvalue weighted by molar-refractivity contribution is 6.30. The third kappa shape index (κ3) is 3.96. The van der Waals surface area contributed by atoms with Gasteiger partial charge >= 0.3 is 5.92 Å². The maximum absolute atomic E-state index is 14.3. The molecule has 2 nitrogen and oxygen atoms in total. The second-order valence-corrected chi connectivity index (χ2v) is 5.66. The highest BCUT2D eigenvalue weighted by atomic mass is 35.5. The number of hydrogen-bond acceptors (Lipinski definition) is 2. The lowest BCUT2D eigenvalue weighted by atomic mass is 10.0. The molecule has 0 spiro atoms. The molecule has 0 radical (unpaired) electrons. The molecule has 0 aromatic heterocycles. The maximum atomic E-state index is 14.3. The number of nitrogens with one attached hydrogen (secondary N) is 1. The second kappa shape index (κ2) is 6.92. The van der Waals surface area contributed by atoms with Crippen molar-refractivity contribution < 1.29 is 13.6 Å². The fourth-order valence-corrected chi connectivity index (χ4v) is 2.26. The first-order valence-electron chi connectivity index (χ1n) is 6.96. The monoisotopic (exact) mass is 335 g/mol. The number of halogens is 3. The van der Waals surface area contributed by atoms with Gasteiger partial charge in [0.05, 0.1) is 5.70 Å². The Bertz CT molecular complexity index is 726. The lowest BCUT2D eigenvalue weighted by molar-refractivity contribution is 0.0306. The predicted molar refractivity (Wildman–Crippen MR) is 87.9 cm³/mol. The SMILES string of the molecule is C=C(NCc1ccc(C=O)c(C)c1)C(F)(F)c1ccc(Cl)cc1. The van der Waals surface area contributed by atoms with E-state index in [1.165, 1.54) is 24.3 Å². The topological polar surface area (TPSA) is 29.1 Å². The molecular formula is C18H16ClF2NO. The van der Waals surface area contributed by atoms with Crippen molar-refractivity contribution in [1.82, 2.24) is 5.32 Å². The van der Waals surface area contributed by atoms with Crippen LogP contribution in [0.25, 0.3) is 0 Å². The van der Waals surface area contributed by atoms with Crippen LogP contribution in [0.5, 0.6) is 0 Å². The number of hydrogen-bond donors (Lipinski definition) is 1. The van der Waals surface area contributed by atoms with Crippen molar-refractivity contribution in [3.05, 3.63) is 82.0 Å². The Hall–Kier alpha value is -2.20. The molecule has 0 aliphatic heterocycles. The molecular weight excluding hydrogens is 320 g/mol. The van der Waals surface area contributed by atoms with Crippen molar-refractivity contribution in [3.63, 3.8) is 0 Å². The molecule has 2 rings (SSSR count). The molecule has 2 aromatic carbocycles. The van der Waals surface area contributed by atoms with Crippen LogP contribution in [0, 0.1) is 6.92 Å². The highest BCUT2D eigenvalue weighted by Gasteiger charge is 2.35. The zero-order chi connectivity index (χ0) is 17.0. The van der Waals surface area contributed by atoms with Gasteiger partial charge in [0.1, 0.15) is 6.29 Å². The standard InChI is InChI=1S/C18H16ClF2NO/c1-12-9-14(3-4-15(12)11-23)10-22-13(2)18(20,21)16-5-7-17(19)8-6-16/h3-9,11,22H,2,10H2,1H3. The minimum absolute atomic E-state index is 0.174. The van der Waals surface area contributed by atoms with Gasteiger partial charge in [-0.25, -0.2) is 0 Å². The van der Waals surface area contributed by atoms with Crippen molar-refractivity contribution >= 4 is 17.9 Å². The normalized spacial score (nSPS) is 11.1. The van der Waals surface area contributed by atoms with Crippen LogP contribution in [0.3, 0.4) is 0 Å². The fraction of sp³-hybridized carbons (Fsp3) is 0.167. The van der Waals surface area contributed by atoms with Crippen LogP contribution in [-0.4, -0.2) is 6.29 Å². The van der Waals surface area contributed by atoms with E-state index in [2.05, 4.69) is 11.9 Å². The molecule has 0 bridgehead atoms. The largest absolute Gasteiger partial charge is 0.380 e. The summed E-state index contributed by atoms with van der Waals surface area (Å²) < 4.78 is 28.7. The van der Waals surface area contributed by atoms with Crippen molar-refractivity contribution in [2.24, 2.45) is 0 Å². The van der Waals surface area contributed by atoms with E-state index < -0.39 is 11.6 Å². The maximum Gasteiger partial charge on any atom is 0.311 e. The molecule has 0 amide bonds. The summed E-state index contributed by atoms with van der Waals surface area (Å²) in [5, 5.41) is 3.05. The first-order valence-corrected chi connectivity index (χ1v) is 7.34. The van der Waals surface area contributed by atoms with Gasteiger partial charge in [-0.1, -0.05) is 48.5 Å². The van der Waals surface area contributed by atoms with Crippen LogP contribution in [0.2, 0.25) is 5.02 Å². The number of alkyl halides is 2. The van der Waals surface area contributed by atoms with Crippen molar-refractivity contribution in [3.8, 4) is 0 Å². The van der Waals surface area contributed by atoms with Gasteiger partial charge in [0.2, 0.25) is 0 Å². The van der Waals surface area contributed by atoms with Crippen LogP contribution < -0.4 is 5.32 Å². The summed E-state index contributed by atoms with van der Waals surface area (Å²) in [5.41, 5.74) is 1.61. The van der Waals surface area contributed by atoms with Crippen LogP contribution >= 0.6 is 11.6 Å². The zero-order valence-electron chi connectivity index (χ0n) is 12.6. The van der Waals surface area contributed by atoms with Crippen LogP contribution in [0.15, 0.2) is 54.7 Å². The van der Waals surface area contributed by atoms with E-state index >= 15 is 0 Å². The zero-order valence-corrected chi connectivity index (χ0v) is 13.3. The van der Waals surface area contributed by atoms with Gasteiger partial charge in [0.15, 0.2) is 0 Å². The number of aryl methyl sites for hydroxylation is 1. The van der Waals surface area contributed by atoms with Crippen LogP contribution in [0.4, 0.5) is 8.78 Å². The third-order valence-electron chi connectivity index (χ3n) is 3.55. The summed E-state index contributed by atoms with van der Waals surface area (Å²) in [6, 6.07) is 10.6. The summed E-state index contributed by atoms with van der Waals surface area (Å²) in [5.74, 6) is -3.21. The molecule has 2 aromatic rings. The Labute approximate surface area is 138 Å². The molecule has 5 heteroatoms. The smallest absolute Gasteiger partial charge is 0.311 e. The summed E-state index contributed by atoms with van der Waals surface area (Å²) in [6.45, 7) is 5.44. The second-order valence-electron chi connectivity index (χ2n) is 5.22. The van der Waals surface area contributed by atoms with Gasteiger partial charge in [-0.15, -0.1) is 0 Å². The summed E-state index contributed by atoms with van der Waals surface area (Å²) >= 11 is 5.71. The third-order valence-corrected chi connectivity index (χ3v) is 3.80. The van der Waals surface area contributed by atoms with Crippen LogP contribution in [-0.2, 0) is 12.5 Å². The number of carbonyl (C=O) groups excluding carboxylic acids is 1. The molecule has 0 aliphatic rings. The molecule has 0 saturated heterocycles. The lowest BCUT2D eigenvalue weighted by Crippen LogP contribution is -2.27. The van der Waals surface area contributed by atoms with Crippen molar-refractivity contribution in [1.29, 1.82) is 0 Å². The van der Waals surface area contributed by atoms with Crippen molar-refractivity contribution in [2.45, 2.75) is 19.4 Å². The molecule has 0 atom stereocenters. The van der Waals surface area contributed by atoms with E-state index in [1.54, 1.807) is 25.1 Å². The predicted octanol–water partition coefficient (Wildman–Crippen LogP) is 4.86. The first-order chi connectivity index (χ1) is 10.8. The number of carbonyl (C=O) groups is 1. The van der Waals surface area contributed by atoms with E-state index in [1.807, 2.05) is 0 Å². The summed E-state index contributed by atoms with van der Waals surface area (Å²) in [7, 11) is 0. The minimum Gasteiger partial charge on any atom is -0.380 e. The Kier molecular flexibility index (Phi) is 5.16. The number of aldehydes is 1. The number of rotatable bonds is 6. The van der Waals surface area contributed by atoms with Crippen LogP contribution in [0.1, 0.15) is 27.0 Å². The van der Waals surface area contributed by atoms with Gasteiger partial charge < -0.3 is 5.32 Å². The Morgan fingerprint density at radius 1 is 1.26 bits per heavy atom. The molecule has 0 unspecified atom stereocenters. The average molecular weight is 336 g/mol. The Balaban J connectivity index is 2.07. The van der Waals surface area contributed by atoms with Crippen molar-refractivity contribution in [2.75, 3.05) is 0 Å². The van der Waals surface area contributed by atoms with E-state index in [9.17, 15) is 13.6 Å². The van der Waals surface area contributed by atoms with E-state index in [0.717, 1.165) is 17.4 Å². The van der Waals surface area contributed by atoms with Gasteiger partial charge in [0.25, 0.3) is 0 Å². The molecule has 0 saturated carbocycles. The molecule has 0 heterocycles. The van der Waals surface area contributed by atoms with E-state index in [4.69, 9.17) is 11.6 Å². The lowest BCUT2D eigenvalue weighted by Gasteiger charge is -2.21. The molecule has 120 valence electrons. The first kappa shape index (κ1) is 17.2. The summed E-state index contributed by atoms with van der Waals surface area (Å²) in [4.78, 5) is 10.8. The van der Waals surface area contributed by atoms with Gasteiger partial charge in [-0.05, 0) is 30.2 Å². The van der Waals surface area contributed by atoms with E-state index in [0.29, 0.717) is 10.6 Å².